The molecule has 27 heavy (non-hydrogen) atoms. The quantitative estimate of drug-likeness (QED) is 0.689. The Kier molecular flexibility index (Phi) is 6.37. The van der Waals surface area contributed by atoms with E-state index in [0.717, 1.165) is 9.87 Å². The first kappa shape index (κ1) is 21.0. The van der Waals surface area contributed by atoms with Crippen molar-refractivity contribution in [1.29, 1.82) is 0 Å². The van der Waals surface area contributed by atoms with Gasteiger partial charge >= 0.3 is 0 Å². The van der Waals surface area contributed by atoms with E-state index in [-0.39, 0.29) is 22.9 Å². The lowest BCUT2D eigenvalue weighted by atomic mass is 10.2. The third kappa shape index (κ3) is 5.60. The molecule has 0 aliphatic rings. The average Bonchev–Trinajstić information content (AvgIpc) is 2.60. The lowest BCUT2D eigenvalue weighted by Gasteiger charge is -2.17. The first-order valence-corrected chi connectivity index (χ1v) is 10.9. The molecule has 0 radical (unpaired) electrons. The van der Waals surface area contributed by atoms with Gasteiger partial charge in [-0.1, -0.05) is 29.8 Å². The second-order valence-electron chi connectivity index (χ2n) is 6.04. The summed E-state index contributed by atoms with van der Waals surface area (Å²) >= 11 is 0. The Labute approximate surface area is 159 Å². The molecule has 0 spiro atoms. The number of rotatable bonds is 7. The Balaban J connectivity index is 1.96. The highest BCUT2D eigenvalue weighted by Gasteiger charge is 2.22. The highest BCUT2D eigenvalue weighted by molar-refractivity contribution is 7.89. The van der Waals surface area contributed by atoms with Crippen molar-refractivity contribution < 1.29 is 21.6 Å². The van der Waals surface area contributed by atoms with Crippen molar-refractivity contribution in [1.82, 2.24) is 9.62 Å². The fourth-order valence-electron chi connectivity index (χ4n) is 2.23. The van der Waals surface area contributed by atoms with E-state index in [1.54, 1.807) is 12.1 Å². The number of nitrogens with one attached hydrogen (secondary N) is 1. The molecule has 2 aromatic carbocycles. The second-order valence-corrected chi connectivity index (χ2v) is 9.65. The van der Waals surface area contributed by atoms with Gasteiger partial charge in [0.1, 0.15) is 0 Å². The summed E-state index contributed by atoms with van der Waals surface area (Å²) in [5.41, 5.74) is 1.59. The van der Waals surface area contributed by atoms with Crippen molar-refractivity contribution in [3.8, 4) is 0 Å². The number of likely N-dealkylation sites (N-methyl/N-ethyl adjacent to an activating group) is 1. The molecule has 0 aromatic heterocycles. The maximum atomic E-state index is 12.5. The largest absolute Gasteiger partial charge is 0.351 e. The fourth-order valence-corrected chi connectivity index (χ4v) is 3.87. The minimum atomic E-state index is -3.77. The van der Waals surface area contributed by atoms with Crippen LogP contribution in [0.1, 0.15) is 11.1 Å². The van der Waals surface area contributed by atoms with Gasteiger partial charge in [0, 0.05) is 13.6 Å². The molecular weight excluding hydrogens is 390 g/mol. The predicted octanol–water partition coefficient (Wildman–Crippen LogP) is 0.579. The summed E-state index contributed by atoms with van der Waals surface area (Å²) in [4.78, 5) is 12.1. The Bertz CT molecular complexity index is 1020. The van der Waals surface area contributed by atoms with Gasteiger partial charge in [0.2, 0.25) is 26.0 Å². The van der Waals surface area contributed by atoms with Crippen LogP contribution in [0.2, 0.25) is 0 Å². The maximum Gasteiger partial charge on any atom is 0.243 e. The first-order valence-electron chi connectivity index (χ1n) is 7.91. The van der Waals surface area contributed by atoms with E-state index in [1.165, 1.54) is 43.4 Å². The van der Waals surface area contributed by atoms with Gasteiger partial charge in [-0.05, 0) is 36.8 Å². The molecule has 0 fully saturated rings. The summed E-state index contributed by atoms with van der Waals surface area (Å²) < 4.78 is 48.3. The van der Waals surface area contributed by atoms with Gasteiger partial charge in [-0.25, -0.2) is 22.0 Å². The highest BCUT2D eigenvalue weighted by Crippen LogP contribution is 2.14. The van der Waals surface area contributed by atoms with Crippen molar-refractivity contribution in [3.63, 3.8) is 0 Å². The first-order chi connectivity index (χ1) is 12.5. The molecule has 10 heteroatoms. The van der Waals surface area contributed by atoms with Crippen LogP contribution in [0.25, 0.3) is 0 Å². The molecule has 0 aliphatic heterocycles. The number of carbonyl (C=O) groups is 1. The molecule has 0 unspecified atom stereocenters. The van der Waals surface area contributed by atoms with Crippen molar-refractivity contribution in [2.24, 2.45) is 5.14 Å². The monoisotopic (exact) mass is 411 g/mol. The Hall–Kier alpha value is -2.27. The summed E-state index contributed by atoms with van der Waals surface area (Å²) in [6.07, 6.45) is 0. The lowest BCUT2D eigenvalue weighted by molar-refractivity contribution is -0.121. The standard InChI is InChI=1S/C17H21N3O5S2/c1-13-3-7-16(8-4-13)27(24,25)20(2)12-17(21)19-11-14-5-9-15(10-6-14)26(18,22)23/h3-10H,11-12H2,1-2H3,(H,19,21)(H2,18,22,23). The number of carbonyl (C=O) groups excluding carboxylic acids is 1. The summed E-state index contributed by atoms with van der Waals surface area (Å²) in [7, 11) is -6.21. The smallest absolute Gasteiger partial charge is 0.243 e. The van der Waals surface area contributed by atoms with Crippen molar-refractivity contribution in [3.05, 3.63) is 59.7 Å². The Morgan fingerprint density at radius 3 is 2.00 bits per heavy atom. The highest BCUT2D eigenvalue weighted by atomic mass is 32.2. The van der Waals surface area contributed by atoms with Gasteiger partial charge in [0.15, 0.2) is 0 Å². The summed E-state index contributed by atoms with van der Waals surface area (Å²) in [5, 5.41) is 7.62. The number of hydrogen-bond acceptors (Lipinski definition) is 5. The molecule has 0 bridgehead atoms. The molecule has 0 aliphatic carbocycles. The van der Waals surface area contributed by atoms with Crippen molar-refractivity contribution in [2.45, 2.75) is 23.3 Å². The number of primary sulfonamides is 1. The summed E-state index contributed by atoms with van der Waals surface area (Å²) in [5.74, 6) is -0.483. The van der Waals surface area contributed by atoms with Crippen LogP contribution in [0.15, 0.2) is 58.3 Å². The van der Waals surface area contributed by atoms with Crippen LogP contribution in [0.4, 0.5) is 0 Å². The zero-order chi connectivity index (χ0) is 20.2. The SMILES string of the molecule is Cc1ccc(S(=O)(=O)N(C)CC(=O)NCc2ccc(S(N)(=O)=O)cc2)cc1. The van der Waals surface area contributed by atoms with Crippen LogP contribution in [0, 0.1) is 6.92 Å². The van der Waals surface area contributed by atoms with Crippen LogP contribution >= 0.6 is 0 Å². The normalized spacial score (nSPS) is 12.1. The molecule has 0 saturated carbocycles. The summed E-state index contributed by atoms with van der Waals surface area (Å²) in [6, 6.07) is 12.1. The van der Waals surface area contributed by atoms with Crippen LogP contribution in [-0.2, 0) is 31.4 Å². The van der Waals surface area contributed by atoms with Gasteiger partial charge in [0.05, 0.1) is 16.3 Å². The van der Waals surface area contributed by atoms with Crippen LogP contribution in [-0.4, -0.2) is 40.6 Å². The third-order valence-corrected chi connectivity index (χ3v) is 6.58. The van der Waals surface area contributed by atoms with Gasteiger partial charge in [-0.3, -0.25) is 4.79 Å². The Morgan fingerprint density at radius 2 is 1.48 bits per heavy atom. The van der Waals surface area contributed by atoms with Crippen molar-refractivity contribution >= 4 is 26.0 Å². The molecular formula is C17H21N3O5S2. The number of sulfonamides is 2. The van der Waals surface area contributed by atoms with E-state index in [4.69, 9.17) is 5.14 Å². The number of amides is 1. The maximum absolute atomic E-state index is 12.5. The topological polar surface area (TPSA) is 127 Å². The fraction of sp³-hybridized carbons (Fsp3) is 0.235. The van der Waals surface area contributed by atoms with Crippen LogP contribution in [0.5, 0.6) is 0 Å². The van der Waals surface area contributed by atoms with E-state index < -0.39 is 26.0 Å². The minimum absolute atomic E-state index is 0.0264. The Morgan fingerprint density at radius 1 is 0.963 bits per heavy atom. The molecule has 0 heterocycles. The zero-order valence-electron chi connectivity index (χ0n) is 14.9. The van der Waals surface area contributed by atoms with E-state index in [0.29, 0.717) is 5.56 Å². The molecule has 146 valence electrons. The molecule has 0 saturated heterocycles. The van der Waals surface area contributed by atoms with E-state index in [1.807, 2.05) is 6.92 Å². The van der Waals surface area contributed by atoms with Crippen LogP contribution < -0.4 is 10.5 Å². The number of nitrogens with two attached hydrogens (primary N) is 1. The zero-order valence-corrected chi connectivity index (χ0v) is 16.5. The molecule has 8 nitrogen and oxygen atoms in total. The number of nitrogens with zero attached hydrogens (tertiary/aromatic N) is 1. The van der Waals surface area contributed by atoms with E-state index in [2.05, 4.69) is 5.32 Å². The van der Waals surface area contributed by atoms with Gasteiger partial charge < -0.3 is 5.32 Å². The minimum Gasteiger partial charge on any atom is -0.351 e. The summed E-state index contributed by atoms with van der Waals surface area (Å²) in [6.45, 7) is 1.64. The van der Waals surface area contributed by atoms with Gasteiger partial charge in [0.25, 0.3) is 0 Å². The van der Waals surface area contributed by atoms with E-state index >= 15 is 0 Å². The molecule has 0 atom stereocenters. The number of hydrogen-bond donors (Lipinski definition) is 2. The predicted molar refractivity (Wildman–Crippen MR) is 101 cm³/mol. The molecule has 2 rings (SSSR count). The van der Waals surface area contributed by atoms with Gasteiger partial charge in [-0.2, -0.15) is 4.31 Å². The third-order valence-electron chi connectivity index (χ3n) is 3.84. The molecule has 2 aromatic rings. The average molecular weight is 412 g/mol. The van der Waals surface area contributed by atoms with Crippen molar-refractivity contribution in [2.75, 3.05) is 13.6 Å². The van der Waals surface area contributed by atoms with E-state index in [9.17, 15) is 21.6 Å². The number of benzene rings is 2. The lowest BCUT2D eigenvalue weighted by Crippen LogP contribution is -2.38. The molecule has 1 amide bonds. The van der Waals surface area contributed by atoms with Gasteiger partial charge in [-0.15, -0.1) is 0 Å². The number of aryl methyl sites for hydroxylation is 1. The second kappa shape index (κ2) is 8.17. The van der Waals surface area contributed by atoms with Crippen LogP contribution in [0.3, 0.4) is 0 Å². The molecule has 3 N–H and O–H groups in total.